The summed E-state index contributed by atoms with van der Waals surface area (Å²) in [6, 6.07) is 32.5. The standard InChI is InChI=1S/C18H15Si.CHF3/c1-4-10-16(11-5-1)19(17-12-6-2-7-13-17)18-14-8-3-9-15-18;2-1(3)4/h1-15H;1H. The molecule has 0 nitrogen and oxygen atoms in total. The summed E-state index contributed by atoms with van der Waals surface area (Å²) in [5, 5.41) is 4.31. The molecule has 0 bridgehead atoms. The maximum Gasteiger partial charge on any atom is 0.379 e. The second kappa shape index (κ2) is 8.95. The van der Waals surface area contributed by atoms with E-state index in [0.29, 0.717) is 0 Å². The summed E-state index contributed by atoms with van der Waals surface area (Å²) in [6.45, 7) is -3.67. The van der Waals surface area contributed by atoms with Gasteiger partial charge in [0.15, 0.2) is 8.80 Å². The van der Waals surface area contributed by atoms with E-state index in [1.807, 2.05) is 0 Å². The minimum absolute atomic E-state index is 0.877. The molecule has 0 amide bonds. The number of hydrogen-bond donors (Lipinski definition) is 0. The fourth-order valence-electron chi connectivity index (χ4n) is 2.31. The smallest absolute Gasteiger partial charge is 0.174 e. The SMILES string of the molecule is FC(F)F.c1ccc([Si](c2ccccc2)c2ccccc2)cc1. The summed E-state index contributed by atoms with van der Waals surface area (Å²) in [4.78, 5) is 0. The van der Waals surface area contributed by atoms with Gasteiger partial charge in [0.1, 0.15) is 0 Å². The van der Waals surface area contributed by atoms with Gasteiger partial charge in [0.25, 0.3) is 0 Å². The quantitative estimate of drug-likeness (QED) is 0.510. The highest BCUT2D eigenvalue weighted by atomic mass is 28.3. The zero-order valence-corrected chi connectivity index (χ0v) is 13.4. The lowest BCUT2D eigenvalue weighted by molar-refractivity contribution is 0.00819. The summed E-state index contributed by atoms with van der Waals surface area (Å²) in [6.07, 6.45) is 0. The molecule has 0 fully saturated rings. The summed E-state index contributed by atoms with van der Waals surface area (Å²) in [5.41, 5.74) is 0. The fourth-order valence-corrected chi connectivity index (χ4v) is 4.89. The van der Waals surface area contributed by atoms with Crippen LogP contribution in [0.3, 0.4) is 0 Å². The predicted molar refractivity (Wildman–Crippen MR) is 91.1 cm³/mol. The molecule has 0 aromatic heterocycles. The number of hydrogen-bond acceptors (Lipinski definition) is 0. The van der Waals surface area contributed by atoms with Gasteiger partial charge in [-0.1, -0.05) is 107 Å². The summed E-state index contributed by atoms with van der Waals surface area (Å²) in [5.74, 6) is 0. The molecule has 0 aliphatic carbocycles. The Hall–Kier alpha value is -2.33. The summed E-state index contributed by atoms with van der Waals surface area (Å²) >= 11 is 0. The van der Waals surface area contributed by atoms with E-state index in [9.17, 15) is 13.2 Å². The van der Waals surface area contributed by atoms with E-state index < -0.39 is 15.5 Å². The second-order valence-corrected chi connectivity index (χ2v) is 7.20. The maximum atomic E-state index is 9.67. The first-order valence-electron chi connectivity index (χ1n) is 7.14. The van der Waals surface area contributed by atoms with Crippen LogP contribution in [0.4, 0.5) is 13.2 Å². The van der Waals surface area contributed by atoms with Gasteiger partial charge in [0.2, 0.25) is 0 Å². The first-order valence-corrected chi connectivity index (χ1v) is 8.64. The molecular weight excluding hydrogens is 313 g/mol. The Kier molecular flexibility index (Phi) is 6.63. The lowest BCUT2D eigenvalue weighted by Crippen LogP contribution is -2.51. The van der Waals surface area contributed by atoms with Gasteiger partial charge in [-0.2, -0.15) is 13.2 Å². The van der Waals surface area contributed by atoms with Crippen molar-refractivity contribution in [2.75, 3.05) is 0 Å². The molecule has 0 saturated carbocycles. The van der Waals surface area contributed by atoms with Gasteiger partial charge < -0.3 is 0 Å². The Labute approximate surface area is 135 Å². The van der Waals surface area contributed by atoms with Gasteiger partial charge in [-0.25, -0.2) is 0 Å². The van der Waals surface area contributed by atoms with Crippen LogP contribution in [0.15, 0.2) is 91.0 Å². The van der Waals surface area contributed by atoms with E-state index in [4.69, 9.17) is 0 Å². The minimum atomic E-state index is -3.67. The average Bonchev–Trinajstić information content (AvgIpc) is 2.58. The zero-order chi connectivity index (χ0) is 16.5. The molecule has 3 aromatic rings. The van der Waals surface area contributed by atoms with Crippen molar-refractivity contribution in [3.63, 3.8) is 0 Å². The highest BCUT2D eigenvalue weighted by Gasteiger charge is 2.18. The number of benzene rings is 3. The van der Waals surface area contributed by atoms with Gasteiger partial charge in [0.05, 0.1) is 0 Å². The van der Waals surface area contributed by atoms with Gasteiger partial charge in [0, 0.05) is 0 Å². The van der Waals surface area contributed by atoms with Crippen molar-refractivity contribution in [2.24, 2.45) is 0 Å². The zero-order valence-electron chi connectivity index (χ0n) is 12.4. The van der Waals surface area contributed by atoms with E-state index >= 15 is 0 Å². The average molecular weight is 329 g/mol. The van der Waals surface area contributed by atoms with Crippen LogP contribution in [0.1, 0.15) is 0 Å². The van der Waals surface area contributed by atoms with Crippen molar-refractivity contribution in [2.45, 2.75) is 6.68 Å². The third kappa shape index (κ3) is 5.42. The molecule has 0 heterocycles. The van der Waals surface area contributed by atoms with E-state index in [1.165, 1.54) is 15.6 Å². The van der Waals surface area contributed by atoms with Crippen molar-refractivity contribution in [3.05, 3.63) is 91.0 Å². The van der Waals surface area contributed by atoms with Crippen LogP contribution < -0.4 is 15.6 Å². The van der Waals surface area contributed by atoms with Crippen molar-refractivity contribution in [1.29, 1.82) is 0 Å². The first kappa shape index (κ1) is 17.0. The third-order valence-corrected chi connectivity index (χ3v) is 5.92. The molecule has 23 heavy (non-hydrogen) atoms. The van der Waals surface area contributed by atoms with Crippen LogP contribution >= 0.6 is 0 Å². The van der Waals surface area contributed by atoms with E-state index in [2.05, 4.69) is 91.0 Å². The molecular formula is C19H16F3Si. The molecule has 0 N–H and O–H groups in total. The molecule has 4 heteroatoms. The Morgan fingerprint density at radius 2 is 0.696 bits per heavy atom. The molecule has 0 atom stereocenters. The van der Waals surface area contributed by atoms with Gasteiger partial charge >= 0.3 is 6.68 Å². The molecule has 0 spiro atoms. The predicted octanol–water partition coefficient (Wildman–Crippen LogP) is 3.38. The fraction of sp³-hybridized carbons (Fsp3) is 0.0526. The van der Waals surface area contributed by atoms with Crippen molar-refractivity contribution >= 4 is 24.4 Å². The monoisotopic (exact) mass is 329 g/mol. The molecule has 0 aliphatic heterocycles. The number of alkyl halides is 3. The Morgan fingerprint density at radius 3 is 0.913 bits per heavy atom. The Bertz CT molecular complexity index is 576. The second-order valence-electron chi connectivity index (χ2n) is 4.72. The topological polar surface area (TPSA) is 0 Å². The summed E-state index contributed by atoms with van der Waals surface area (Å²) in [7, 11) is -0.877. The maximum absolute atomic E-state index is 9.67. The van der Waals surface area contributed by atoms with E-state index in [1.54, 1.807) is 0 Å². The van der Waals surface area contributed by atoms with Crippen molar-refractivity contribution < 1.29 is 13.2 Å². The molecule has 0 unspecified atom stereocenters. The largest absolute Gasteiger partial charge is 0.379 e. The van der Waals surface area contributed by atoms with E-state index in [-0.39, 0.29) is 0 Å². The third-order valence-electron chi connectivity index (χ3n) is 3.19. The molecule has 1 radical (unpaired) electrons. The Balaban J connectivity index is 0.000000433. The van der Waals surface area contributed by atoms with Crippen LogP contribution in [0.5, 0.6) is 0 Å². The van der Waals surface area contributed by atoms with Crippen LogP contribution in [0.2, 0.25) is 0 Å². The lowest BCUT2D eigenvalue weighted by atomic mass is 10.3. The Morgan fingerprint density at radius 1 is 0.478 bits per heavy atom. The first-order chi connectivity index (χ1) is 11.2. The molecule has 3 aromatic carbocycles. The van der Waals surface area contributed by atoms with Gasteiger partial charge in [-0.3, -0.25) is 0 Å². The minimum Gasteiger partial charge on any atom is -0.174 e. The molecule has 0 saturated heterocycles. The number of halogens is 3. The van der Waals surface area contributed by atoms with Gasteiger partial charge in [-0.15, -0.1) is 0 Å². The van der Waals surface area contributed by atoms with Crippen LogP contribution in [0, 0.1) is 0 Å². The normalized spacial score (nSPS) is 10.3. The molecule has 0 aliphatic rings. The van der Waals surface area contributed by atoms with Crippen molar-refractivity contribution in [1.82, 2.24) is 0 Å². The highest BCUT2D eigenvalue weighted by molar-refractivity contribution is 6.95. The van der Waals surface area contributed by atoms with Crippen LogP contribution in [-0.4, -0.2) is 15.5 Å². The van der Waals surface area contributed by atoms with Crippen LogP contribution in [-0.2, 0) is 0 Å². The van der Waals surface area contributed by atoms with Crippen LogP contribution in [0.25, 0.3) is 0 Å². The van der Waals surface area contributed by atoms with E-state index in [0.717, 1.165) is 0 Å². The molecule has 3 rings (SSSR count). The number of rotatable bonds is 3. The summed E-state index contributed by atoms with van der Waals surface area (Å²) < 4.78 is 29.0. The lowest BCUT2D eigenvalue weighted by Gasteiger charge is -2.16. The molecule has 117 valence electrons. The highest BCUT2D eigenvalue weighted by Crippen LogP contribution is 1.95. The van der Waals surface area contributed by atoms with Gasteiger partial charge in [-0.05, 0) is 0 Å². The van der Waals surface area contributed by atoms with Crippen molar-refractivity contribution in [3.8, 4) is 0 Å².